The van der Waals surface area contributed by atoms with Gasteiger partial charge in [0, 0.05) is 20.2 Å². The van der Waals surface area contributed by atoms with Crippen molar-refractivity contribution in [2.24, 2.45) is 5.92 Å². The number of hydrogen-bond donors (Lipinski definition) is 1. The molecule has 150 valence electrons. The van der Waals surface area contributed by atoms with E-state index in [0.29, 0.717) is 0 Å². The maximum Gasteiger partial charge on any atom is 0.410 e. The lowest BCUT2D eigenvalue weighted by atomic mass is 10.2. The Morgan fingerprint density at radius 2 is 1.21 bits per heavy atom. The quantitative estimate of drug-likeness (QED) is 0.655. The highest BCUT2D eigenvalue weighted by Gasteiger charge is 2.23. The van der Waals surface area contributed by atoms with Crippen LogP contribution in [0.15, 0.2) is 0 Å². The van der Waals surface area contributed by atoms with Gasteiger partial charge in [-0.3, -0.25) is 0 Å². The summed E-state index contributed by atoms with van der Waals surface area (Å²) in [5.41, 5.74) is -0.361. The number of aliphatic hydroxyl groups is 1. The second-order valence-corrected chi connectivity index (χ2v) is 5.91. The minimum Gasteiger partial charge on any atom is -0.444 e. The lowest BCUT2D eigenvalue weighted by molar-refractivity contribution is -0.0980. The van der Waals surface area contributed by atoms with Gasteiger partial charge in [-0.25, -0.2) is 4.79 Å². The van der Waals surface area contributed by atoms with Gasteiger partial charge < -0.3 is 19.5 Å². The predicted molar refractivity (Wildman–Crippen MR) is 106 cm³/mol. The molecular formula is C19H45NO4. The van der Waals surface area contributed by atoms with Crippen LogP contribution in [0, 0.1) is 5.92 Å². The van der Waals surface area contributed by atoms with Crippen LogP contribution >= 0.6 is 0 Å². The van der Waals surface area contributed by atoms with Gasteiger partial charge in [-0.05, 0) is 39.5 Å². The SMILES string of the molecule is C=O.CC.CC.CC(C)(C)OC(=O)N1CCCC1.CC(C)C.CO. The summed E-state index contributed by atoms with van der Waals surface area (Å²) in [5.74, 6) is 0.833. The van der Waals surface area contributed by atoms with Gasteiger partial charge in [-0.1, -0.05) is 48.5 Å². The van der Waals surface area contributed by atoms with Crippen molar-refractivity contribution >= 4 is 12.9 Å². The van der Waals surface area contributed by atoms with Crippen LogP contribution < -0.4 is 0 Å². The Labute approximate surface area is 151 Å². The minimum atomic E-state index is -0.361. The zero-order valence-electron chi connectivity index (χ0n) is 18.2. The first kappa shape index (κ1) is 34.3. The molecule has 1 N–H and O–H groups in total. The zero-order valence-corrected chi connectivity index (χ0v) is 18.2. The lowest BCUT2D eigenvalue weighted by Crippen LogP contribution is -2.34. The molecule has 1 amide bonds. The van der Waals surface area contributed by atoms with Crippen molar-refractivity contribution in [3.05, 3.63) is 0 Å². The van der Waals surface area contributed by atoms with Gasteiger partial charge in [0.1, 0.15) is 12.4 Å². The van der Waals surface area contributed by atoms with Gasteiger partial charge in [0.25, 0.3) is 0 Å². The van der Waals surface area contributed by atoms with E-state index in [2.05, 4.69) is 20.8 Å². The first-order chi connectivity index (χ1) is 11.2. The lowest BCUT2D eigenvalue weighted by Gasteiger charge is -2.23. The van der Waals surface area contributed by atoms with E-state index in [1.807, 2.05) is 55.3 Å². The van der Waals surface area contributed by atoms with Crippen LogP contribution in [-0.4, -0.2) is 48.7 Å². The highest BCUT2D eigenvalue weighted by Crippen LogP contribution is 2.14. The van der Waals surface area contributed by atoms with Gasteiger partial charge in [-0.2, -0.15) is 0 Å². The van der Waals surface area contributed by atoms with Gasteiger partial charge in [0.15, 0.2) is 0 Å². The number of ether oxygens (including phenoxy) is 1. The molecule has 0 saturated carbocycles. The van der Waals surface area contributed by atoms with E-state index < -0.39 is 0 Å². The molecule has 1 aliphatic heterocycles. The molecule has 0 bridgehead atoms. The molecule has 1 saturated heterocycles. The summed E-state index contributed by atoms with van der Waals surface area (Å²) in [7, 11) is 1.00. The van der Waals surface area contributed by atoms with Crippen LogP contribution in [0.3, 0.4) is 0 Å². The van der Waals surface area contributed by atoms with Gasteiger partial charge >= 0.3 is 6.09 Å². The van der Waals surface area contributed by atoms with Crippen molar-refractivity contribution in [1.29, 1.82) is 0 Å². The number of amides is 1. The van der Waals surface area contributed by atoms with Crippen LogP contribution in [-0.2, 0) is 9.53 Å². The van der Waals surface area contributed by atoms with Crippen molar-refractivity contribution in [2.75, 3.05) is 20.2 Å². The van der Waals surface area contributed by atoms with Gasteiger partial charge in [0.05, 0.1) is 0 Å². The molecule has 0 aliphatic carbocycles. The Balaban J connectivity index is -0.0000000843. The van der Waals surface area contributed by atoms with Crippen LogP contribution in [0.1, 0.15) is 82.1 Å². The van der Waals surface area contributed by atoms with E-state index in [1.54, 1.807) is 4.90 Å². The third-order valence-corrected chi connectivity index (χ3v) is 1.76. The van der Waals surface area contributed by atoms with Crippen molar-refractivity contribution < 1.29 is 19.4 Å². The van der Waals surface area contributed by atoms with Gasteiger partial charge in [0.2, 0.25) is 0 Å². The molecule has 0 radical (unpaired) electrons. The molecule has 5 heteroatoms. The number of likely N-dealkylation sites (tertiary alicyclic amines) is 1. The number of hydrogen-bond acceptors (Lipinski definition) is 4. The number of nitrogens with zero attached hydrogens (tertiary/aromatic N) is 1. The Morgan fingerprint density at radius 1 is 0.958 bits per heavy atom. The third-order valence-electron chi connectivity index (χ3n) is 1.76. The van der Waals surface area contributed by atoms with E-state index in [1.165, 1.54) is 0 Å². The highest BCUT2D eigenvalue weighted by atomic mass is 16.6. The summed E-state index contributed by atoms with van der Waals surface area (Å²) in [6, 6.07) is 0. The van der Waals surface area contributed by atoms with Crippen LogP contribution in [0.25, 0.3) is 0 Å². The zero-order chi connectivity index (χ0) is 20.8. The monoisotopic (exact) mass is 351 g/mol. The standard InChI is InChI=1S/C9H17NO2.C4H10.2C2H6.CH4O.CH2O/c1-9(2,3)12-8(11)10-6-4-5-7-10;1-4(2)3;4*1-2/h4-7H2,1-3H3;4H,1-3H3;2*1-2H3;2H,1H3;1H2. The van der Waals surface area contributed by atoms with Crippen molar-refractivity contribution in [2.45, 2.75) is 87.7 Å². The summed E-state index contributed by atoms with van der Waals surface area (Å²) < 4.78 is 5.21. The normalized spacial score (nSPS) is 11.5. The topological polar surface area (TPSA) is 66.8 Å². The van der Waals surface area contributed by atoms with Crippen LogP contribution in [0.2, 0.25) is 0 Å². The van der Waals surface area contributed by atoms with E-state index in [9.17, 15) is 4.79 Å². The Hall–Kier alpha value is -1.10. The maximum absolute atomic E-state index is 11.4. The Morgan fingerprint density at radius 3 is 1.42 bits per heavy atom. The first-order valence-electron chi connectivity index (χ1n) is 8.94. The van der Waals surface area contributed by atoms with E-state index >= 15 is 0 Å². The fourth-order valence-corrected chi connectivity index (χ4v) is 1.23. The third kappa shape index (κ3) is 37.3. The molecule has 1 aliphatic rings. The first-order valence-corrected chi connectivity index (χ1v) is 8.94. The molecule has 1 rings (SSSR count). The molecule has 0 unspecified atom stereocenters. The number of carbonyl (C=O) groups is 2. The molecule has 0 aromatic heterocycles. The molecule has 0 atom stereocenters. The number of aliphatic hydroxyl groups excluding tert-OH is 1. The second-order valence-electron chi connectivity index (χ2n) is 5.91. The summed E-state index contributed by atoms with van der Waals surface area (Å²) in [5, 5.41) is 7.00. The second kappa shape index (κ2) is 26.8. The summed E-state index contributed by atoms with van der Waals surface area (Å²) in [4.78, 5) is 21.1. The van der Waals surface area contributed by atoms with Crippen molar-refractivity contribution in [3.8, 4) is 0 Å². The molecule has 0 aromatic carbocycles. The minimum absolute atomic E-state index is 0.167. The average Bonchev–Trinajstić information content (AvgIpc) is 3.08. The average molecular weight is 352 g/mol. The van der Waals surface area contributed by atoms with Gasteiger partial charge in [-0.15, -0.1) is 0 Å². The molecular weight excluding hydrogens is 306 g/mol. The molecule has 5 nitrogen and oxygen atoms in total. The van der Waals surface area contributed by atoms with E-state index in [0.717, 1.165) is 39.0 Å². The largest absolute Gasteiger partial charge is 0.444 e. The molecule has 1 fully saturated rings. The van der Waals surface area contributed by atoms with E-state index in [-0.39, 0.29) is 11.7 Å². The molecule has 24 heavy (non-hydrogen) atoms. The van der Waals surface area contributed by atoms with E-state index in [4.69, 9.17) is 14.6 Å². The number of rotatable bonds is 0. The summed E-state index contributed by atoms with van der Waals surface area (Å²) in [6.07, 6.45) is 2.05. The smallest absolute Gasteiger partial charge is 0.410 e. The van der Waals surface area contributed by atoms with Crippen LogP contribution in [0.4, 0.5) is 4.79 Å². The predicted octanol–water partition coefficient (Wildman–Crippen LogP) is 5.16. The highest BCUT2D eigenvalue weighted by molar-refractivity contribution is 5.68. The van der Waals surface area contributed by atoms with Crippen molar-refractivity contribution in [3.63, 3.8) is 0 Å². The maximum atomic E-state index is 11.4. The Bertz CT molecular complexity index is 217. The fraction of sp³-hybridized carbons (Fsp3) is 0.895. The molecule has 0 aromatic rings. The molecule has 1 heterocycles. The fourth-order valence-electron chi connectivity index (χ4n) is 1.23. The summed E-state index contributed by atoms with van der Waals surface area (Å²) >= 11 is 0. The van der Waals surface area contributed by atoms with Crippen LogP contribution in [0.5, 0.6) is 0 Å². The summed E-state index contributed by atoms with van der Waals surface area (Å²) in [6.45, 7) is 23.9. The number of carbonyl (C=O) groups excluding carboxylic acids is 2. The Kier molecular flexibility index (Phi) is 38.2. The molecule has 0 spiro atoms. The van der Waals surface area contributed by atoms with Crippen molar-refractivity contribution in [1.82, 2.24) is 4.90 Å².